The summed E-state index contributed by atoms with van der Waals surface area (Å²) in [4.78, 5) is -0.0401. The average Bonchev–Trinajstić information content (AvgIpc) is 1.86. The molecular formula is C6H7ClNNaO2S. The van der Waals surface area contributed by atoms with Crippen molar-refractivity contribution in [3.05, 3.63) is 29.3 Å². The molecule has 1 aromatic rings. The second kappa shape index (κ2) is 4.60. The van der Waals surface area contributed by atoms with Gasteiger partial charge in [-0.05, 0) is 12.1 Å². The summed E-state index contributed by atoms with van der Waals surface area (Å²) in [6.45, 7) is 0. The van der Waals surface area contributed by atoms with Gasteiger partial charge in [0.05, 0.1) is 5.02 Å². The van der Waals surface area contributed by atoms with Crippen LogP contribution in [0.15, 0.2) is 29.2 Å². The molecule has 3 nitrogen and oxygen atoms in total. The molecule has 1 aromatic carbocycles. The standard InChI is InChI=1S/C6H6ClNO2S.Na.H/c7-5-3-1-2-4-6(5)11(8,9)10;;/h1-4H,(H2,8,9,10);;/q;+1;-1. The van der Waals surface area contributed by atoms with E-state index in [0.29, 0.717) is 0 Å². The zero-order valence-electron chi connectivity index (χ0n) is 7.49. The molecule has 0 unspecified atom stereocenters. The van der Waals surface area contributed by atoms with Crippen LogP contribution in [0.2, 0.25) is 5.02 Å². The van der Waals surface area contributed by atoms with E-state index < -0.39 is 10.0 Å². The monoisotopic (exact) mass is 215 g/mol. The molecule has 0 heterocycles. The average molecular weight is 216 g/mol. The summed E-state index contributed by atoms with van der Waals surface area (Å²) in [7, 11) is -3.67. The van der Waals surface area contributed by atoms with Crippen LogP contribution in [0.1, 0.15) is 1.43 Å². The molecular weight excluding hydrogens is 209 g/mol. The van der Waals surface area contributed by atoms with Crippen molar-refractivity contribution in [2.45, 2.75) is 4.90 Å². The normalized spacial score (nSPS) is 10.5. The molecule has 0 saturated heterocycles. The van der Waals surface area contributed by atoms with Crippen molar-refractivity contribution < 1.29 is 39.4 Å². The number of hydrogen-bond donors (Lipinski definition) is 1. The molecule has 1 rings (SSSR count). The molecule has 0 saturated carbocycles. The zero-order chi connectivity index (χ0) is 8.48. The maximum atomic E-state index is 10.7. The van der Waals surface area contributed by atoms with Crippen LogP contribution in [-0.2, 0) is 10.0 Å². The number of sulfonamides is 1. The SMILES string of the molecule is NS(=O)(=O)c1ccccc1Cl.[H-].[Na+]. The van der Waals surface area contributed by atoms with E-state index in [4.69, 9.17) is 16.7 Å². The van der Waals surface area contributed by atoms with E-state index in [0.717, 1.165) is 0 Å². The van der Waals surface area contributed by atoms with Crippen molar-refractivity contribution >= 4 is 21.6 Å². The van der Waals surface area contributed by atoms with Crippen LogP contribution >= 0.6 is 11.6 Å². The Morgan fingerprint density at radius 2 is 1.83 bits per heavy atom. The summed E-state index contributed by atoms with van der Waals surface area (Å²) in [6, 6.07) is 6.03. The molecule has 0 aromatic heterocycles. The van der Waals surface area contributed by atoms with Crippen molar-refractivity contribution in [2.24, 2.45) is 5.14 Å². The van der Waals surface area contributed by atoms with E-state index in [-0.39, 0.29) is 40.9 Å². The minimum absolute atomic E-state index is 0. The van der Waals surface area contributed by atoms with Crippen LogP contribution in [0.25, 0.3) is 0 Å². The predicted molar refractivity (Wildman–Crippen MR) is 43.9 cm³/mol. The Balaban J connectivity index is 0. The van der Waals surface area contributed by atoms with E-state index in [1.165, 1.54) is 12.1 Å². The fourth-order valence-corrected chi connectivity index (χ4v) is 1.74. The van der Waals surface area contributed by atoms with E-state index in [1.54, 1.807) is 12.1 Å². The third-order valence-corrected chi connectivity index (χ3v) is 2.55. The van der Waals surface area contributed by atoms with Crippen LogP contribution in [0.4, 0.5) is 0 Å². The number of primary sulfonamides is 1. The maximum absolute atomic E-state index is 10.7. The van der Waals surface area contributed by atoms with Gasteiger partial charge in [0, 0.05) is 0 Å². The van der Waals surface area contributed by atoms with Gasteiger partial charge in [-0.15, -0.1) is 0 Å². The number of rotatable bonds is 1. The Hall–Kier alpha value is 0.420. The summed E-state index contributed by atoms with van der Waals surface area (Å²) < 4.78 is 21.5. The first-order valence-corrected chi connectivity index (χ1v) is 4.71. The van der Waals surface area contributed by atoms with E-state index in [9.17, 15) is 8.42 Å². The fourth-order valence-electron chi connectivity index (χ4n) is 0.675. The molecule has 0 atom stereocenters. The topological polar surface area (TPSA) is 60.2 Å². The van der Waals surface area contributed by atoms with Crippen LogP contribution in [0.3, 0.4) is 0 Å². The summed E-state index contributed by atoms with van der Waals surface area (Å²) in [5, 5.41) is 4.99. The van der Waals surface area contributed by atoms with Gasteiger partial charge in [0.25, 0.3) is 0 Å². The summed E-state index contributed by atoms with van der Waals surface area (Å²) in [5.41, 5.74) is 0. The van der Waals surface area contributed by atoms with Crippen LogP contribution in [-0.4, -0.2) is 8.42 Å². The van der Waals surface area contributed by atoms with Gasteiger partial charge in [-0.3, -0.25) is 0 Å². The molecule has 0 aliphatic carbocycles. The molecule has 0 bridgehead atoms. The molecule has 0 fully saturated rings. The van der Waals surface area contributed by atoms with Gasteiger partial charge in [-0.2, -0.15) is 0 Å². The van der Waals surface area contributed by atoms with Crippen molar-refractivity contribution in [3.63, 3.8) is 0 Å². The van der Waals surface area contributed by atoms with Gasteiger partial charge in [0.2, 0.25) is 10.0 Å². The second-order valence-electron chi connectivity index (χ2n) is 1.98. The molecule has 0 spiro atoms. The van der Waals surface area contributed by atoms with E-state index in [1.807, 2.05) is 0 Å². The van der Waals surface area contributed by atoms with E-state index >= 15 is 0 Å². The number of hydrogen-bond acceptors (Lipinski definition) is 2. The van der Waals surface area contributed by atoms with Crippen LogP contribution < -0.4 is 34.7 Å². The number of halogens is 1. The van der Waals surface area contributed by atoms with Gasteiger partial charge >= 0.3 is 29.6 Å². The Morgan fingerprint density at radius 3 is 2.17 bits per heavy atom. The second-order valence-corrected chi connectivity index (χ2v) is 3.91. The first-order valence-electron chi connectivity index (χ1n) is 2.79. The molecule has 2 N–H and O–H groups in total. The summed E-state index contributed by atoms with van der Waals surface area (Å²) >= 11 is 5.55. The van der Waals surface area contributed by atoms with Gasteiger partial charge in [-0.25, -0.2) is 13.6 Å². The number of nitrogens with two attached hydrogens (primary N) is 1. The summed E-state index contributed by atoms with van der Waals surface area (Å²) in [5.74, 6) is 0. The van der Waals surface area contributed by atoms with Gasteiger partial charge in [0.1, 0.15) is 4.90 Å². The van der Waals surface area contributed by atoms with Gasteiger partial charge < -0.3 is 1.43 Å². The molecule has 0 aliphatic heterocycles. The predicted octanol–water partition coefficient (Wildman–Crippen LogP) is -1.90. The molecule has 0 aliphatic rings. The van der Waals surface area contributed by atoms with Crippen molar-refractivity contribution in [1.82, 2.24) is 0 Å². The summed E-state index contributed by atoms with van der Waals surface area (Å²) in [6.07, 6.45) is 0. The smallest absolute Gasteiger partial charge is 1.00 e. The Labute approximate surface area is 99.7 Å². The third-order valence-electron chi connectivity index (χ3n) is 1.14. The zero-order valence-corrected chi connectivity index (χ0v) is 10.1. The van der Waals surface area contributed by atoms with Crippen LogP contribution in [0.5, 0.6) is 0 Å². The number of benzene rings is 1. The minimum Gasteiger partial charge on any atom is -1.00 e. The van der Waals surface area contributed by atoms with E-state index in [2.05, 4.69) is 0 Å². The van der Waals surface area contributed by atoms with Crippen LogP contribution in [0, 0.1) is 0 Å². The largest absolute Gasteiger partial charge is 1.00 e. The molecule has 0 radical (unpaired) electrons. The third kappa shape index (κ3) is 3.05. The van der Waals surface area contributed by atoms with Crippen molar-refractivity contribution in [2.75, 3.05) is 0 Å². The molecule has 6 heteroatoms. The fraction of sp³-hybridized carbons (Fsp3) is 0. The Morgan fingerprint density at radius 1 is 1.33 bits per heavy atom. The molecule has 0 amide bonds. The molecule has 62 valence electrons. The Kier molecular flexibility index (Phi) is 4.76. The first kappa shape index (κ1) is 12.4. The molecule has 12 heavy (non-hydrogen) atoms. The van der Waals surface area contributed by atoms with Crippen molar-refractivity contribution in [3.8, 4) is 0 Å². The van der Waals surface area contributed by atoms with Gasteiger partial charge in [-0.1, -0.05) is 23.7 Å². The first-order chi connectivity index (χ1) is 5.02. The maximum Gasteiger partial charge on any atom is 1.00 e. The van der Waals surface area contributed by atoms with Gasteiger partial charge in [0.15, 0.2) is 0 Å². The van der Waals surface area contributed by atoms with Crippen molar-refractivity contribution in [1.29, 1.82) is 0 Å². The Bertz CT molecular complexity index is 371. The minimum atomic E-state index is -3.67. The quantitative estimate of drug-likeness (QED) is 0.557.